The molecule has 2 N–H and O–H groups in total. The first kappa shape index (κ1) is 19.0. The topological polar surface area (TPSA) is 76.1 Å². The van der Waals surface area contributed by atoms with Crippen LogP contribution in [0.3, 0.4) is 0 Å². The van der Waals surface area contributed by atoms with Crippen molar-refractivity contribution in [1.29, 1.82) is 0 Å². The zero-order valence-corrected chi connectivity index (χ0v) is 15.4. The van der Waals surface area contributed by atoms with Gasteiger partial charge in [0.15, 0.2) is 0 Å². The lowest BCUT2D eigenvalue weighted by molar-refractivity contribution is -0.138. The maximum Gasteiger partial charge on any atom is 0.405 e. The van der Waals surface area contributed by atoms with Crippen LogP contribution in [0.1, 0.15) is 33.6 Å². The molecule has 0 saturated carbocycles. The summed E-state index contributed by atoms with van der Waals surface area (Å²) in [5.74, 6) is -0.104. The molecule has 138 valence electrons. The Balaban J connectivity index is 1.90. The van der Waals surface area contributed by atoms with Crippen molar-refractivity contribution in [3.63, 3.8) is 0 Å². The summed E-state index contributed by atoms with van der Waals surface area (Å²) in [7, 11) is 2.16. The van der Waals surface area contributed by atoms with Crippen molar-refractivity contribution in [1.82, 2.24) is 20.0 Å². The fraction of sp³-hybridized carbons (Fsp3) is 0.882. The van der Waals surface area contributed by atoms with Gasteiger partial charge in [-0.05, 0) is 38.4 Å². The predicted molar refractivity (Wildman–Crippen MR) is 93.1 cm³/mol. The van der Waals surface area contributed by atoms with Gasteiger partial charge in [0.25, 0.3) is 0 Å². The van der Waals surface area contributed by atoms with Crippen molar-refractivity contribution in [3.8, 4) is 0 Å². The molecule has 7 nitrogen and oxygen atoms in total. The van der Waals surface area contributed by atoms with E-state index >= 15 is 0 Å². The molecule has 0 bridgehead atoms. The second-order valence-corrected chi connectivity index (χ2v) is 8.14. The average Bonchev–Trinajstić information content (AvgIpc) is 2.52. The number of piperidine rings is 1. The Labute approximate surface area is 145 Å². The van der Waals surface area contributed by atoms with Crippen LogP contribution in [0.4, 0.5) is 4.79 Å². The Morgan fingerprint density at radius 1 is 1.04 bits per heavy atom. The third-order valence-corrected chi connectivity index (χ3v) is 5.21. The minimum atomic E-state index is -1.15. The quantitative estimate of drug-likeness (QED) is 0.799. The highest BCUT2D eigenvalue weighted by Crippen LogP contribution is 2.23. The molecule has 2 aliphatic heterocycles. The molecule has 2 rings (SSSR count). The van der Waals surface area contributed by atoms with E-state index in [1.807, 2.05) is 25.7 Å². The van der Waals surface area contributed by atoms with Gasteiger partial charge in [0, 0.05) is 32.2 Å². The van der Waals surface area contributed by atoms with Crippen molar-refractivity contribution in [2.45, 2.75) is 45.7 Å². The third kappa shape index (κ3) is 4.83. The minimum Gasteiger partial charge on any atom is -0.465 e. The second-order valence-electron chi connectivity index (χ2n) is 8.14. The molecule has 0 aromatic heterocycles. The lowest BCUT2D eigenvalue weighted by Crippen LogP contribution is -2.59. The van der Waals surface area contributed by atoms with Gasteiger partial charge >= 0.3 is 6.09 Å². The van der Waals surface area contributed by atoms with Crippen molar-refractivity contribution < 1.29 is 14.7 Å². The lowest BCUT2D eigenvalue weighted by Gasteiger charge is -2.43. The summed E-state index contributed by atoms with van der Waals surface area (Å²) in [6, 6.07) is -0.0844. The largest absolute Gasteiger partial charge is 0.465 e. The van der Waals surface area contributed by atoms with Crippen LogP contribution >= 0.6 is 0 Å². The number of carboxylic acid groups (broad SMARTS) is 1. The van der Waals surface area contributed by atoms with Crippen molar-refractivity contribution in [2.24, 2.45) is 5.41 Å². The van der Waals surface area contributed by atoms with E-state index < -0.39 is 17.6 Å². The summed E-state index contributed by atoms with van der Waals surface area (Å²) in [6.07, 6.45) is 1.24. The Hall–Kier alpha value is -1.34. The van der Waals surface area contributed by atoms with Gasteiger partial charge in [-0.1, -0.05) is 20.8 Å². The number of carbonyl (C=O) groups is 2. The van der Waals surface area contributed by atoms with Crippen molar-refractivity contribution in [2.75, 3.05) is 46.3 Å². The molecule has 0 spiro atoms. The standard InChI is InChI=1S/C17H32N4O3/c1-17(2,3)14(18-16(23)24)15(22)21-11-9-20(10-12-21)13-5-7-19(4)8-6-13/h13-14,18H,5-12H2,1-4H3,(H,23,24)/t14-/m0/s1. The van der Waals surface area contributed by atoms with Gasteiger partial charge < -0.3 is 20.2 Å². The van der Waals surface area contributed by atoms with Gasteiger partial charge in [-0.3, -0.25) is 9.69 Å². The van der Waals surface area contributed by atoms with Crippen LogP contribution in [0.5, 0.6) is 0 Å². The van der Waals surface area contributed by atoms with Gasteiger partial charge in [-0.2, -0.15) is 0 Å². The fourth-order valence-corrected chi connectivity index (χ4v) is 3.62. The maximum atomic E-state index is 12.8. The van der Waals surface area contributed by atoms with E-state index in [1.54, 1.807) is 0 Å². The predicted octanol–water partition coefficient (Wildman–Crippen LogP) is 0.907. The van der Waals surface area contributed by atoms with Gasteiger partial charge in [-0.15, -0.1) is 0 Å². The summed E-state index contributed by atoms with van der Waals surface area (Å²) < 4.78 is 0. The van der Waals surface area contributed by atoms with Gasteiger partial charge in [0.2, 0.25) is 5.91 Å². The van der Waals surface area contributed by atoms with Crippen LogP contribution < -0.4 is 5.32 Å². The molecule has 0 unspecified atom stereocenters. The summed E-state index contributed by atoms with van der Waals surface area (Å²) in [5, 5.41) is 11.4. The molecule has 0 aromatic carbocycles. The molecule has 2 aliphatic rings. The Bertz CT molecular complexity index is 447. The average molecular weight is 340 g/mol. The first-order chi connectivity index (χ1) is 11.2. The molecular formula is C17H32N4O3. The minimum absolute atomic E-state index is 0.104. The monoisotopic (exact) mass is 340 g/mol. The Kier molecular flexibility index (Phi) is 6.09. The number of nitrogens with zero attached hydrogens (tertiary/aromatic N) is 3. The van der Waals surface area contributed by atoms with E-state index in [-0.39, 0.29) is 5.91 Å². The first-order valence-corrected chi connectivity index (χ1v) is 8.89. The smallest absolute Gasteiger partial charge is 0.405 e. The normalized spacial score (nSPS) is 23.1. The highest BCUT2D eigenvalue weighted by molar-refractivity contribution is 5.86. The van der Waals surface area contributed by atoms with Crippen LogP contribution in [0.2, 0.25) is 0 Å². The van der Waals surface area contributed by atoms with Crippen LogP contribution in [-0.4, -0.2) is 90.2 Å². The summed E-state index contributed by atoms with van der Waals surface area (Å²) in [4.78, 5) is 30.5. The number of rotatable bonds is 3. The van der Waals surface area contributed by atoms with E-state index in [0.717, 1.165) is 26.2 Å². The van der Waals surface area contributed by atoms with Crippen molar-refractivity contribution >= 4 is 12.0 Å². The number of hydrogen-bond acceptors (Lipinski definition) is 4. The summed E-state index contributed by atoms with van der Waals surface area (Å²) in [5.41, 5.74) is -0.444. The first-order valence-electron chi connectivity index (χ1n) is 8.89. The van der Waals surface area contributed by atoms with Crippen molar-refractivity contribution in [3.05, 3.63) is 0 Å². The molecule has 2 saturated heterocycles. The van der Waals surface area contributed by atoms with E-state index in [2.05, 4.69) is 22.2 Å². The van der Waals surface area contributed by atoms with E-state index in [0.29, 0.717) is 19.1 Å². The SMILES string of the molecule is CN1CCC(N2CCN(C(=O)[C@H](NC(=O)O)C(C)(C)C)CC2)CC1. The van der Waals surface area contributed by atoms with E-state index in [1.165, 1.54) is 12.8 Å². The molecule has 7 heteroatoms. The van der Waals surface area contributed by atoms with Crippen LogP contribution in [0.15, 0.2) is 0 Å². The number of amides is 2. The number of nitrogens with one attached hydrogen (secondary N) is 1. The van der Waals surface area contributed by atoms with Gasteiger partial charge in [-0.25, -0.2) is 4.79 Å². The zero-order valence-electron chi connectivity index (χ0n) is 15.4. The summed E-state index contributed by atoms with van der Waals surface area (Å²) >= 11 is 0. The number of piperazine rings is 1. The maximum absolute atomic E-state index is 12.8. The summed E-state index contributed by atoms with van der Waals surface area (Å²) in [6.45, 7) is 11.1. The van der Waals surface area contributed by atoms with E-state index in [9.17, 15) is 9.59 Å². The molecular weight excluding hydrogens is 308 g/mol. The number of carbonyl (C=O) groups excluding carboxylic acids is 1. The highest BCUT2D eigenvalue weighted by atomic mass is 16.4. The number of likely N-dealkylation sites (tertiary alicyclic amines) is 1. The molecule has 0 aliphatic carbocycles. The highest BCUT2D eigenvalue weighted by Gasteiger charge is 2.37. The molecule has 2 heterocycles. The molecule has 2 amide bonds. The van der Waals surface area contributed by atoms with Gasteiger partial charge in [0.05, 0.1) is 0 Å². The second kappa shape index (κ2) is 7.70. The zero-order chi connectivity index (χ0) is 17.9. The molecule has 0 radical (unpaired) electrons. The van der Waals surface area contributed by atoms with Crippen LogP contribution in [0, 0.1) is 5.41 Å². The van der Waals surface area contributed by atoms with Crippen LogP contribution in [-0.2, 0) is 4.79 Å². The Morgan fingerprint density at radius 3 is 2.04 bits per heavy atom. The van der Waals surface area contributed by atoms with Crippen LogP contribution in [0.25, 0.3) is 0 Å². The molecule has 2 fully saturated rings. The third-order valence-electron chi connectivity index (χ3n) is 5.21. The Morgan fingerprint density at radius 2 is 1.58 bits per heavy atom. The van der Waals surface area contributed by atoms with E-state index in [4.69, 9.17) is 5.11 Å². The molecule has 1 atom stereocenters. The van der Waals surface area contributed by atoms with Gasteiger partial charge in [0.1, 0.15) is 6.04 Å². The number of hydrogen-bond donors (Lipinski definition) is 2. The molecule has 0 aromatic rings. The fourth-order valence-electron chi connectivity index (χ4n) is 3.62. The molecule has 24 heavy (non-hydrogen) atoms. The lowest BCUT2D eigenvalue weighted by atomic mass is 9.85.